The maximum Gasteiger partial charge on any atom is 0.127 e. The minimum atomic E-state index is -0.0470. The van der Waals surface area contributed by atoms with Crippen molar-refractivity contribution in [2.24, 2.45) is 0 Å². The quantitative estimate of drug-likeness (QED) is 0.820. The van der Waals surface area contributed by atoms with Gasteiger partial charge in [0.1, 0.15) is 11.4 Å². The lowest BCUT2D eigenvalue weighted by Crippen LogP contribution is -2.37. The normalized spacial score (nSPS) is 27.9. The Balaban J connectivity index is 2.03. The largest absolute Gasteiger partial charge is 0.487 e. The van der Waals surface area contributed by atoms with E-state index in [1.54, 1.807) is 0 Å². The molecule has 3 rings (SSSR count). The molecule has 0 radical (unpaired) electrons. The summed E-state index contributed by atoms with van der Waals surface area (Å²) in [7, 11) is 0. The molecule has 1 aromatic rings. The lowest BCUT2D eigenvalue weighted by atomic mass is 9.82. The van der Waals surface area contributed by atoms with Crippen molar-refractivity contribution in [2.45, 2.75) is 57.6 Å². The molecule has 1 atom stereocenters. The fraction of sp³-hybridized carbons (Fsp3) is 0.625. The van der Waals surface area contributed by atoms with Crippen LogP contribution < -0.4 is 10.1 Å². The van der Waals surface area contributed by atoms with E-state index < -0.39 is 0 Å². The summed E-state index contributed by atoms with van der Waals surface area (Å²) in [5.74, 6) is 1.71. The molecule has 98 valence electrons. The zero-order chi connectivity index (χ0) is 13.0. The first kappa shape index (κ1) is 12.0. The lowest BCUT2D eigenvalue weighted by molar-refractivity contribution is 0.136. The summed E-state index contributed by atoms with van der Waals surface area (Å²) in [6.07, 6.45) is 2.23. The Morgan fingerprint density at radius 3 is 2.67 bits per heavy atom. The molecule has 1 aromatic carbocycles. The van der Waals surface area contributed by atoms with Gasteiger partial charge >= 0.3 is 0 Å². The summed E-state index contributed by atoms with van der Waals surface area (Å²) in [4.78, 5) is 0. The fourth-order valence-corrected chi connectivity index (χ4v) is 3.48. The van der Waals surface area contributed by atoms with Crippen LogP contribution in [-0.2, 0) is 6.42 Å². The summed E-state index contributed by atoms with van der Waals surface area (Å²) in [6.45, 7) is 10.0. The first-order valence-electron chi connectivity index (χ1n) is 6.95. The number of benzene rings is 1. The number of fused-ring (bicyclic) bond motifs is 1. The molecular weight excluding hydrogens is 222 g/mol. The number of para-hydroxylation sites is 1. The van der Waals surface area contributed by atoms with Crippen molar-refractivity contribution in [1.82, 2.24) is 5.32 Å². The monoisotopic (exact) mass is 245 g/mol. The number of ether oxygens (including phenoxy) is 1. The standard InChI is InChI=1S/C16H23NO/c1-15(2)10-11-6-5-7-12(14(11)18-15)13-8-9-17-16(13,3)4/h5-7,13,17H,8-10H2,1-4H3. The van der Waals surface area contributed by atoms with E-state index >= 15 is 0 Å². The summed E-state index contributed by atoms with van der Waals surface area (Å²) in [5, 5.41) is 3.60. The van der Waals surface area contributed by atoms with Crippen LogP contribution in [0.5, 0.6) is 5.75 Å². The van der Waals surface area contributed by atoms with Crippen LogP contribution in [0.25, 0.3) is 0 Å². The van der Waals surface area contributed by atoms with Crippen molar-refractivity contribution < 1.29 is 4.74 Å². The number of rotatable bonds is 1. The fourth-order valence-electron chi connectivity index (χ4n) is 3.48. The minimum Gasteiger partial charge on any atom is -0.487 e. The molecule has 1 N–H and O–H groups in total. The Morgan fingerprint density at radius 2 is 2.00 bits per heavy atom. The Bertz CT molecular complexity index is 476. The average molecular weight is 245 g/mol. The highest BCUT2D eigenvalue weighted by molar-refractivity contribution is 5.48. The topological polar surface area (TPSA) is 21.3 Å². The lowest BCUT2D eigenvalue weighted by Gasteiger charge is -2.29. The molecule has 2 aliphatic rings. The summed E-state index contributed by atoms with van der Waals surface area (Å²) >= 11 is 0. The van der Waals surface area contributed by atoms with Gasteiger partial charge in [-0.25, -0.2) is 0 Å². The molecule has 0 amide bonds. The highest BCUT2D eigenvalue weighted by atomic mass is 16.5. The Kier molecular flexibility index (Phi) is 2.50. The number of hydrogen-bond acceptors (Lipinski definition) is 2. The predicted octanol–water partition coefficient (Wildman–Crippen LogP) is 3.26. The van der Waals surface area contributed by atoms with Gasteiger partial charge in [0.25, 0.3) is 0 Å². The van der Waals surface area contributed by atoms with Gasteiger partial charge in [0.15, 0.2) is 0 Å². The van der Waals surface area contributed by atoms with Crippen molar-refractivity contribution >= 4 is 0 Å². The van der Waals surface area contributed by atoms with Crippen LogP contribution in [0.1, 0.15) is 51.2 Å². The van der Waals surface area contributed by atoms with Crippen molar-refractivity contribution in [3.8, 4) is 5.75 Å². The second-order valence-electron chi connectivity index (χ2n) is 6.86. The third-order valence-electron chi connectivity index (χ3n) is 4.38. The van der Waals surface area contributed by atoms with Crippen LogP contribution in [0, 0.1) is 0 Å². The van der Waals surface area contributed by atoms with Gasteiger partial charge in [0.2, 0.25) is 0 Å². The molecule has 1 fully saturated rings. The first-order valence-corrected chi connectivity index (χ1v) is 6.95. The molecule has 1 saturated heterocycles. The van der Waals surface area contributed by atoms with Gasteiger partial charge in [-0.1, -0.05) is 18.2 Å². The van der Waals surface area contributed by atoms with E-state index in [9.17, 15) is 0 Å². The molecule has 2 heterocycles. The third-order valence-corrected chi connectivity index (χ3v) is 4.38. The van der Waals surface area contributed by atoms with Gasteiger partial charge in [-0.05, 0) is 51.8 Å². The molecular formula is C16H23NO. The minimum absolute atomic E-state index is 0.0470. The highest BCUT2D eigenvalue weighted by Crippen LogP contribution is 2.45. The Labute approximate surface area is 110 Å². The Hall–Kier alpha value is -1.02. The van der Waals surface area contributed by atoms with Crippen LogP contribution in [0.3, 0.4) is 0 Å². The van der Waals surface area contributed by atoms with Crippen molar-refractivity contribution in [2.75, 3.05) is 6.54 Å². The molecule has 0 aromatic heterocycles. The van der Waals surface area contributed by atoms with Crippen molar-refractivity contribution in [3.63, 3.8) is 0 Å². The van der Waals surface area contributed by atoms with Gasteiger partial charge in [-0.2, -0.15) is 0 Å². The van der Waals surface area contributed by atoms with E-state index in [0.717, 1.165) is 18.7 Å². The number of nitrogens with one attached hydrogen (secondary N) is 1. The van der Waals surface area contributed by atoms with E-state index in [0.29, 0.717) is 5.92 Å². The molecule has 0 aliphatic carbocycles. The maximum atomic E-state index is 6.20. The highest BCUT2D eigenvalue weighted by Gasteiger charge is 2.40. The van der Waals surface area contributed by atoms with Gasteiger partial charge in [-0.3, -0.25) is 0 Å². The van der Waals surface area contributed by atoms with Crippen LogP contribution in [0.2, 0.25) is 0 Å². The third kappa shape index (κ3) is 1.83. The van der Waals surface area contributed by atoms with Crippen LogP contribution in [0.4, 0.5) is 0 Å². The molecule has 2 nitrogen and oxygen atoms in total. The Morgan fingerprint density at radius 1 is 1.22 bits per heavy atom. The summed E-state index contributed by atoms with van der Waals surface area (Å²) < 4.78 is 6.20. The van der Waals surface area contributed by atoms with E-state index in [-0.39, 0.29) is 11.1 Å². The first-order chi connectivity index (χ1) is 8.39. The van der Waals surface area contributed by atoms with Gasteiger partial charge in [0.05, 0.1) is 0 Å². The molecule has 1 unspecified atom stereocenters. The SMILES string of the molecule is CC1(C)Cc2cccc(C3CCNC3(C)C)c2O1. The molecule has 0 bridgehead atoms. The van der Waals surface area contributed by atoms with E-state index in [2.05, 4.69) is 51.2 Å². The molecule has 2 aliphatic heterocycles. The van der Waals surface area contributed by atoms with Gasteiger partial charge < -0.3 is 10.1 Å². The zero-order valence-corrected chi connectivity index (χ0v) is 11.8. The van der Waals surface area contributed by atoms with Gasteiger partial charge in [0, 0.05) is 17.9 Å². The summed E-state index contributed by atoms with van der Waals surface area (Å²) in [6, 6.07) is 6.65. The molecule has 0 saturated carbocycles. The van der Waals surface area contributed by atoms with Gasteiger partial charge in [-0.15, -0.1) is 0 Å². The average Bonchev–Trinajstić information content (AvgIpc) is 2.75. The zero-order valence-electron chi connectivity index (χ0n) is 11.8. The van der Waals surface area contributed by atoms with Crippen LogP contribution in [0.15, 0.2) is 18.2 Å². The predicted molar refractivity (Wildman–Crippen MR) is 74.3 cm³/mol. The van der Waals surface area contributed by atoms with Crippen LogP contribution >= 0.6 is 0 Å². The van der Waals surface area contributed by atoms with E-state index in [1.807, 2.05) is 0 Å². The van der Waals surface area contributed by atoms with Crippen molar-refractivity contribution in [3.05, 3.63) is 29.3 Å². The smallest absolute Gasteiger partial charge is 0.127 e. The maximum absolute atomic E-state index is 6.20. The second-order valence-corrected chi connectivity index (χ2v) is 6.86. The summed E-state index contributed by atoms with van der Waals surface area (Å²) in [5.41, 5.74) is 2.90. The molecule has 0 spiro atoms. The van der Waals surface area contributed by atoms with Crippen LogP contribution in [-0.4, -0.2) is 17.7 Å². The second kappa shape index (κ2) is 3.74. The van der Waals surface area contributed by atoms with Crippen molar-refractivity contribution in [1.29, 1.82) is 0 Å². The van der Waals surface area contributed by atoms with E-state index in [1.165, 1.54) is 17.5 Å². The molecule has 18 heavy (non-hydrogen) atoms. The molecule has 2 heteroatoms. The number of hydrogen-bond donors (Lipinski definition) is 1. The van der Waals surface area contributed by atoms with E-state index in [4.69, 9.17) is 4.74 Å².